The maximum absolute atomic E-state index is 13.0. The molecule has 0 saturated heterocycles. The van der Waals surface area contributed by atoms with Gasteiger partial charge in [0.15, 0.2) is 0 Å². The molecule has 0 fully saturated rings. The van der Waals surface area contributed by atoms with E-state index in [4.69, 9.17) is 5.73 Å². The molecule has 10 heteroatoms. The minimum atomic E-state index is -0.195. The average molecular weight is 380 g/mol. The van der Waals surface area contributed by atoms with Crippen LogP contribution >= 0.6 is 11.3 Å². The molecule has 4 aromatic heterocycles. The first kappa shape index (κ1) is 16.1. The molecule has 0 unspecified atom stereocenters. The van der Waals surface area contributed by atoms with Crippen LogP contribution in [0.2, 0.25) is 0 Å². The van der Waals surface area contributed by atoms with Gasteiger partial charge in [-0.15, -0.1) is 16.4 Å². The Labute approximate surface area is 157 Å². The van der Waals surface area contributed by atoms with Crippen LogP contribution in [0.25, 0.3) is 16.0 Å². The van der Waals surface area contributed by atoms with Crippen LogP contribution in [0.4, 0.5) is 5.82 Å². The maximum atomic E-state index is 13.0. The normalized spacial score (nSPS) is 14.1. The Bertz CT molecular complexity index is 1230. The van der Waals surface area contributed by atoms with E-state index in [1.54, 1.807) is 20.8 Å². The highest BCUT2D eigenvalue weighted by atomic mass is 32.1. The molecule has 5 rings (SSSR count). The summed E-state index contributed by atoms with van der Waals surface area (Å²) >= 11 is 1.56. The monoisotopic (exact) mass is 380 g/mol. The van der Waals surface area contributed by atoms with Crippen molar-refractivity contribution < 1.29 is 4.79 Å². The highest BCUT2D eigenvalue weighted by Crippen LogP contribution is 2.36. The third-order valence-electron chi connectivity index (χ3n) is 4.76. The predicted molar refractivity (Wildman–Crippen MR) is 101 cm³/mol. The number of nitrogens with two attached hydrogens (primary N) is 1. The average Bonchev–Trinajstić information content (AvgIpc) is 3.22. The molecule has 0 aliphatic carbocycles. The number of hydrogen-bond acceptors (Lipinski definition) is 8. The second kappa shape index (κ2) is 5.68. The van der Waals surface area contributed by atoms with E-state index in [1.165, 1.54) is 6.33 Å². The first-order valence-corrected chi connectivity index (χ1v) is 9.34. The maximum Gasteiger partial charge on any atom is 0.293 e. The van der Waals surface area contributed by atoms with Gasteiger partial charge in [-0.1, -0.05) is 0 Å². The van der Waals surface area contributed by atoms with Gasteiger partial charge < -0.3 is 10.6 Å². The highest BCUT2D eigenvalue weighted by Gasteiger charge is 2.28. The Balaban J connectivity index is 1.50. The molecule has 0 aromatic carbocycles. The van der Waals surface area contributed by atoms with E-state index in [2.05, 4.69) is 25.0 Å². The fourth-order valence-electron chi connectivity index (χ4n) is 3.52. The van der Waals surface area contributed by atoms with Crippen molar-refractivity contribution in [3.05, 3.63) is 40.0 Å². The van der Waals surface area contributed by atoms with E-state index >= 15 is 0 Å². The highest BCUT2D eigenvalue weighted by molar-refractivity contribution is 7.19. The number of carbonyl (C=O) groups excluding carboxylic acids is 1. The molecule has 9 nitrogen and oxygen atoms in total. The first-order chi connectivity index (χ1) is 13.0. The Morgan fingerprint density at radius 3 is 2.96 bits per heavy atom. The molecule has 136 valence electrons. The number of carbonyl (C=O) groups is 1. The van der Waals surface area contributed by atoms with Crippen LogP contribution in [0.15, 0.2) is 12.4 Å². The fourth-order valence-corrected chi connectivity index (χ4v) is 4.73. The van der Waals surface area contributed by atoms with Gasteiger partial charge in [0.25, 0.3) is 11.7 Å². The summed E-state index contributed by atoms with van der Waals surface area (Å²) in [5, 5.41) is 5.28. The van der Waals surface area contributed by atoms with Crippen molar-refractivity contribution in [2.45, 2.75) is 26.8 Å². The lowest BCUT2D eigenvalue weighted by Crippen LogP contribution is -2.36. The predicted octanol–water partition coefficient (Wildman–Crippen LogP) is 1.53. The summed E-state index contributed by atoms with van der Waals surface area (Å²) in [5.74, 6) is 0.912. The van der Waals surface area contributed by atoms with Crippen molar-refractivity contribution >= 4 is 39.1 Å². The molecular weight excluding hydrogens is 364 g/mol. The van der Waals surface area contributed by atoms with Crippen molar-refractivity contribution in [2.24, 2.45) is 0 Å². The lowest BCUT2D eigenvalue weighted by atomic mass is 10.0. The number of fused-ring (bicyclic) bond motifs is 4. The number of nitrogens with zero attached hydrogens (tertiary/aromatic N) is 7. The van der Waals surface area contributed by atoms with Crippen molar-refractivity contribution in [1.29, 1.82) is 0 Å². The van der Waals surface area contributed by atoms with Crippen LogP contribution in [0.1, 0.15) is 32.4 Å². The summed E-state index contributed by atoms with van der Waals surface area (Å²) in [6.45, 7) is 4.88. The number of thiophene rings is 1. The molecule has 0 bridgehead atoms. The van der Waals surface area contributed by atoms with E-state index < -0.39 is 0 Å². The Kier molecular flexibility index (Phi) is 3.38. The summed E-state index contributed by atoms with van der Waals surface area (Å²) in [7, 11) is 0. The standard InChI is InChI=1S/C17H16N8OS/c1-8-5-9(2)25-17(21-8)22-14(23-25)16(26)24-4-3-10-11(6-24)27-15-12(10)13(18)19-7-20-15/h5,7H,3-4,6H2,1-2H3,(H2,18,19,20). The van der Waals surface area contributed by atoms with E-state index in [0.717, 1.165) is 32.0 Å². The SMILES string of the molecule is Cc1cc(C)n2nc(C(=O)N3CCc4c(sc5ncnc(N)c45)C3)nc2n1. The Hall–Kier alpha value is -3.14. The van der Waals surface area contributed by atoms with Crippen molar-refractivity contribution in [1.82, 2.24) is 34.4 Å². The molecule has 0 spiro atoms. The van der Waals surface area contributed by atoms with Crippen molar-refractivity contribution in [2.75, 3.05) is 12.3 Å². The van der Waals surface area contributed by atoms with Gasteiger partial charge in [-0.05, 0) is 31.9 Å². The van der Waals surface area contributed by atoms with Crippen LogP contribution in [-0.4, -0.2) is 46.9 Å². The molecule has 5 heterocycles. The van der Waals surface area contributed by atoms with Crippen LogP contribution in [0, 0.1) is 13.8 Å². The molecule has 1 aliphatic heterocycles. The number of aryl methyl sites for hydroxylation is 2. The van der Waals surface area contributed by atoms with Gasteiger partial charge >= 0.3 is 0 Å². The zero-order valence-corrected chi connectivity index (χ0v) is 15.6. The number of rotatable bonds is 1. The number of aromatic nitrogens is 6. The molecule has 0 atom stereocenters. The molecule has 1 amide bonds. The smallest absolute Gasteiger partial charge is 0.293 e. The Morgan fingerprint density at radius 1 is 1.26 bits per heavy atom. The van der Waals surface area contributed by atoms with Crippen molar-refractivity contribution in [3.8, 4) is 0 Å². The molecule has 0 saturated carbocycles. The number of amides is 1. The van der Waals surface area contributed by atoms with Crippen LogP contribution in [-0.2, 0) is 13.0 Å². The molecule has 1 aliphatic rings. The van der Waals surface area contributed by atoms with Crippen LogP contribution < -0.4 is 5.73 Å². The quantitative estimate of drug-likeness (QED) is 0.532. The topological polar surface area (TPSA) is 115 Å². The number of hydrogen-bond donors (Lipinski definition) is 1. The minimum Gasteiger partial charge on any atom is -0.383 e. The first-order valence-electron chi connectivity index (χ1n) is 8.52. The van der Waals surface area contributed by atoms with Gasteiger partial charge in [0.1, 0.15) is 17.0 Å². The third-order valence-corrected chi connectivity index (χ3v) is 5.89. The summed E-state index contributed by atoms with van der Waals surface area (Å²) in [6.07, 6.45) is 2.18. The fraction of sp³-hybridized carbons (Fsp3) is 0.294. The summed E-state index contributed by atoms with van der Waals surface area (Å²) < 4.78 is 1.60. The minimum absolute atomic E-state index is 0.167. The van der Waals surface area contributed by atoms with Crippen molar-refractivity contribution in [3.63, 3.8) is 0 Å². The van der Waals surface area contributed by atoms with Gasteiger partial charge in [-0.2, -0.15) is 4.98 Å². The van der Waals surface area contributed by atoms with Gasteiger partial charge in [0, 0.05) is 22.8 Å². The summed E-state index contributed by atoms with van der Waals surface area (Å²) in [5.41, 5.74) is 8.91. The van der Waals surface area contributed by atoms with E-state index in [9.17, 15) is 4.79 Å². The summed E-state index contributed by atoms with van der Waals surface area (Å²) in [4.78, 5) is 33.8. The molecule has 27 heavy (non-hydrogen) atoms. The molecular formula is C17H16N8OS. The van der Waals surface area contributed by atoms with Crippen LogP contribution in [0.5, 0.6) is 0 Å². The van der Waals surface area contributed by atoms with Crippen LogP contribution in [0.3, 0.4) is 0 Å². The van der Waals surface area contributed by atoms with E-state index in [-0.39, 0.29) is 11.7 Å². The van der Waals surface area contributed by atoms with Gasteiger partial charge in [0.2, 0.25) is 5.82 Å². The second-order valence-electron chi connectivity index (χ2n) is 6.61. The molecule has 4 aromatic rings. The third kappa shape index (κ3) is 2.44. The number of nitrogen functional groups attached to an aromatic ring is 1. The molecule has 2 N–H and O–H groups in total. The van der Waals surface area contributed by atoms with Gasteiger partial charge in [0.05, 0.1) is 11.9 Å². The van der Waals surface area contributed by atoms with Gasteiger partial charge in [-0.3, -0.25) is 4.79 Å². The van der Waals surface area contributed by atoms with E-state index in [0.29, 0.717) is 31.1 Å². The largest absolute Gasteiger partial charge is 0.383 e. The number of anilines is 1. The lowest BCUT2D eigenvalue weighted by Gasteiger charge is -2.25. The molecule has 0 radical (unpaired) electrons. The summed E-state index contributed by atoms with van der Waals surface area (Å²) in [6, 6.07) is 1.91. The lowest BCUT2D eigenvalue weighted by molar-refractivity contribution is 0.0725. The van der Waals surface area contributed by atoms with Gasteiger partial charge in [-0.25, -0.2) is 19.5 Å². The van der Waals surface area contributed by atoms with E-state index in [1.807, 2.05) is 19.9 Å². The second-order valence-corrected chi connectivity index (χ2v) is 7.69. The zero-order valence-electron chi connectivity index (χ0n) is 14.8. The Morgan fingerprint density at radius 2 is 2.11 bits per heavy atom. The zero-order chi connectivity index (χ0) is 18.7.